The van der Waals surface area contributed by atoms with Crippen molar-refractivity contribution in [2.75, 3.05) is 12.4 Å². The molecule has 3 aromatic rings. The van der Waals surface area contributed by atoms with Crippen molar-refractivity contribution in [3.05, 3.63) is 57.9 Å². The van der Waals surface area contributed by atoms with E-state index < -0.39 is 5.41 Å². The third kappa shape index (κ3) is 2.79. The van der Waals surface area contributed by atoms with Crippen LogP contribution in [0.15, 0.2) is 41.2 Å². The van der Waals surface area contributed by atoms with Crippen LogP contribution in [0.2, 0.25) is 0 Å². The zero-order valence-corrected chi connectivity index (χ0v) is 15.2. The van der Waals surface area contributed by atoms with Crippen LogP contribution in [0.25, 0.3) is 11.5 Å². The SMILES string of the molecule is COc1cc(-c2nc3c(c(=O)[nH]2)C(C)(C)C(=O)N3)nn1Cc1ccccc1. The molecule has 0 radical (unpaired) electrons. The molecule has 3 heterocycles. The summed E-state index contributed by atoms with van der Waals surface area (Å²) in [7, 11) is 1.56. The summed E-state index contributed by atoms with van der Waals surface area (Å²) in [5.41, 5.74) is 0.595. The Hall–Kier alpha value is -3.42. The van der Waals surface area contributed by atoms with Crippen LogP contribution in [-0.4, -0.2) is 32.8 Å². The van der Waals surface area contributed by atoms with E-state index in [2.05, 4.69) is 20.4 Å². The third-order valence-corrected chi connectivity index (χ3v) is 4.71. The van der Waals surface area contributed by atoms with Gasteiger partial charge < -0.3 is 15.0 Å². The van der Waals surface area contributed by atoms with Crippen LogP contribution >= 0.6 is 0 Å². The second kappa shape index (κ2) is 6.08. The maximum absolute atomic E-state index is 12.6. The standard InChI is InChI=1S/C19H19N5O3/c1-19(2)14-16(22-18(19)26)20-15(21-17(14)25)12-9-13(27-3)24(23-12)10-11-7-5-4-6-8-11/h4-9H,10H2,1-3H3,(H2,20,21,22,25,26). The first kappa shape index (κ1) is 17.0. The number of aromatic amines is 1. The highest BCUT2D eigenvalue weighted by atomic mass is 16.5. The van der Waals surface area contributed by atoms with Gasteiger partial charge in [-0.05, 0) is 19.4 Å². The Balaban J connectivity index is 1.75. The molecule has 1 aliphatic rings. The van der Waals surface area contributed by atoms with Gasteiger partial charge in [0.2, 0.25) is 11.8 Å². The summed E-state index contributed by atoms with van der Waals surface area (Å²) in [6, 6.07) is 11.5. The van der Waals surface area contributed by atoms with Crippen LogP contribution in [0.4, 0.5) is 5.82 Å². The minimum Gasteiger partial charge on any atom is -0.481 e. The Labute approximate surface area is 155 Å². The summed E-state index contributed by atoms with van der Waals surface area (Å²) in [6.45, 7) is 3.91. The molecule has 0 saturated heterocycles. The fourth-order valence-corrected chi connectivity index (χ4v) is 3.19. The first-order valence-electron chi connectivity index (χ1n) is 8.52. The molecular formula is C19H19N5O3. The van der Waals surface area contributed by atoms with Crippen LogP contribution in [0, 0.1) is 0 Å². The van der Waals surface area contributed by atoms with Crippen molar-refractivity contribution in [3.8, 4) is 17.4 Å². The highest BCUT2D eigenvalue weighted by Gasteiger charge is 2.42. The molecule has 27 heavy (non-hydrogen) atoms. The number of amides is 1. The molecule has 8 heteroatoms. The predicted octanol–water partition coefficient (Wildman–Crippen LogP) is 1.92. The molecule has 138 valence electrons. The van der Waals surface area contributed by atoms with Crippen molar-refractivity contribution < 1.29 is 9.53 Å². The fourth-order valence-electron chi connectivity index (χ4n) is 3.19. The molecule has 0 atom stereocenters. The molecule has 0 aliphatic carbocycles. The molecule has 1 aromatic carbocycles. The first-order valence-corrected chi connectivity index (χ1v) is 8.52. The number of methoxy groups -OCH3 is 1. The van der Waals surface area contributed by atoms with Crippen molar-refractivity contribution in [2.45, 2.75) is 25.8 Å². The van der Waals surface area contributed by atoms with E-state index in [9.17, 15) is 9.59 Å². The molecule has 0 unspecified atom stereocenters. The van der Waals surface area contributed by atoms with E-state index in [1.54, 1.807) is 31.7 Å². The van der Waals surface area contributed by atoms with Gasteiger partial charge in [0.1, 0.15) is 11.5 Å². The number of rotatable bonds is 4. The van der Waals surface area contributed by atoms with Crippen molar-refractivity contribution in [1.29, 1.82) is 0 Å². The van der Waals surface area contributed by atoms with Crippen LogP contribution < -0.4 is 15.6 Å². The number of hydrogen-bond acceptors (Lipinski definition) is 5. The van der Waals surface area contributed by atoms with E-state index in [4.69, 9.17) is 4.74 Å². The number of carbonyl (C=O) groups is 1. The number of carbonyl (C=O) groups excluding carboxylic acids is 1. The van der Waals surface area contributed by atoms with Gasteiger partial charge in [0.15, 0.2) is 5.82 Å². The summed E-state index contributed by atoms with van der Waals surface area (Å²) in [4.78, 5) is 31.8. The summed E-state index contributed by atoms with van der Waals surface area (Å²) < 4.78 is 7.10. The van der Waals surface area contributed by atoms with Crippen molar-refractivity contribution in [2.24, 2.45) is 0 Å². The van der Waals surface area contributed by atoms with Crippen molar-refractivity contribution in [3.63, 3.8) is 0 Å². The van der Waals surface area contributed by atoms with Crippen LogP contribution in [0.5, 0.6) is 5.88 Å². The Morgan fingerprint density at radius 3 is 2.63 bits per heavy atom. The maximum atomic E-state index is 12.6. The lowest BCUT2D eigenvalue weighted by Crippen LogP contribution is -2.31. The second-order valence-electron chi connectivity index (χ2n) is 6.93. The molecular weight excluding hydrogens is 346 g/mol. The van der Waals surface area contributed by atoms with E-state index in [0.717, 1.165) is 5.56 Å². The van der Waals surface area contributed by atoms with Crippen LogP contribution in [0.3, 0.4) is 0 Å². The summed E-state index contributed by atoms with van der Waals surface area (Å²) >= 11 is 0. The van der Waals surface area contributed by atoms with E-state index in [-0.39, 0.29) is 23.1 Å². The molecule has 2 N–H and O–H groups in total. The van der Waals surface area contributed by atoms with E-state index in [1.807, 2.05) is 30.3 Å². The summed E-state index contributed by atoms with van der Waals surface area (Å²) in [6.07, 6.45) is 0. The number of fused-ring (bicyclic) bond motifs is 1. The van der Waals surface area contributed by atoms with E-state index >= 15 is 0 Å². The monoisotopic (exact) mass is 365 g/mol. The Morgan fingerprint density at radius 1 is 1.19 bits per heavy atom. The topological polar surface area (TPSA) is 102 Å². The minimum atomic E-state index is -0.918. The highest BCUT2D eigenvalue weighted by Crippen LogP contribution is 2.34. The lowest BCUT2D eigenvalue weighted by molar-refractivity contribution is -0.119. The molecule has 0 spiro atoms. The number of nitrogens with one attached hydrogen (secondary N) is 2. The number of ether oxygens (including phenoxy) is 1. The van der Waals surface area contributed by atoms with Gasteiger partial charge in [-0.15, -0.1) is 0 Å². The maximum Gasteiger partial charge on any atom is 0.257 e. The summed E-state index contributed by atoms with van der Waals surface area (Å²) in [5.74, 6) is 0.850. The zero-order valence-electron chi connectivity index (χ0n) is 15.2. The molecule has 1 amide bonds. The number of H-pyrrole nitrogens is 1. The molecule has 8 nitrogen and oxygen atoms in total. The smallest absolute Gasteiger partial charge is 0.257 e. The Morgan fingerprint density at radius 2 is 1.93 bits per heavy atom. The molecule has 0 saturated carbocycles. The largest absolute Gasteiger partial charge is 0.481 e. The van der Waals surface area contributed by atoms with Crippen LogP contribution in [-0.2, 0) is 16.8 Å². The zero-order chi connectivity index (χ0) is 19.2. The fraction of sp³-hybridized carbons (Fsp3) is 0.263. The van der Waals surface area contributed by atoms with E-state index in [1.165, 1.54) is 0 Å². The van der Waals surface area contributed by atoms with Gasteiger partial charge in [0, 0.05) is 6.07 Å². The van der Waals surface area contributed by atoms with E-state index in [0.29, 0.717) is 23.7 Å². The number of aromatic nitrogens is 4. The Bertz CT molecular complexity index is 1080. The van der Waals surface area contributed by atoms with Gasteiger partial charge in [-0.25, -0.2) is 9.67 Å². The van der Waals surface area contributed by atoms with Gasteiger partial charge in [-0.2, -0.15) is 5.10 Å². The van der Waals surface area contributed by atoms with Crippen molar-refractivity contribution in [1.82, 2.24) is 19.7 Å². The normalized spacial score (nSPS) is 14.7. The Kier molecular flexibility index (Phi) is 3.83. The number of benzene rings is 1. The average Bonchev–Trinajstić information content (AvgIpc) is 3.14. The number of anilines is 1. The molecule has 0 bridgehead atoms. The van der Waals surface area contributed by atoms with Crippen molar-refractivity contribution >= 4 is 11.7 Å². The summed E-state index contributed by atoms with van der Waals surface area (Å²) in [5, 5.41) is 7.19. The van der Waals surface area contributed by atoms with Gasteiger partial charge in [0.05, 0.1) is 24.6 Å². The molecule has 4 rings (SSSR count). The lowest BCUT2D eigenvalue weighted by atomic mass is 9.88. The molecule has 2 aromatic heterocycles. The van der Waals surface area contributed by atoms with Gasteiger partial charge in [-0.3, -0.25) is 9.59 Å². The minimum absolute atomic E-state index is 0.250. The number of hydrogen-bond donors (Lipinski definition) is 2. The molecule has 1 aliphatic heterocycles. The third-order valence-electron chi connectivity index (χ3n) is 4.71. The number of nitrogens with zero attached hydrogens (tertiary/aromatic N) is 3. The van der Waals surface area contributed by atoms with Gasteiger partial charge in [-0.1, -0.05) is 30.3 Å². The highest BCUT2D eigenvalue weighted by molar-refractivity contribution is 6.04. The second-order valence-corrected chi connectivity index (χ2v) is 6.93. The quantitative estimate of drug-likeness (QED) is 0.735. The average molecular weight is 365 g/mol. The lowest BCUT2D eigenvalue weighted by Gasteiger charge is -2.13. The van der Waals surface area contributed by atoms with Gasteiger partial charge in [0.25, 0.3) is 5.56 Å². The molecule has 0 fully saturated rings. The van der Waals surface area contributed by atoms with Gasteiger partial charge >= 0.3 is 0 Å². The predicted molar refractivity (Wildman–Crippen MR) is 99.8 cm³/mol. The van der Waals surface area contributed by atoms with Crippen LogP contribution in [0.1, 0.15) is 25.0 Å². The first-order chi connectivity index (χ1) is 12.9.